The molecule has 0 aliphatic rings. The first-order valence-electron chi connectivity index (χ1n) is 11.5. The van der Waals surface area contributed by atoms with E-state index in [1.165, 1.54) is 6.92 Å². The smallest absolute Gasteiger partial charge is 0.322 e. The van der Waals surface area contributed by atoms with Gasteiger partial charge < -0.3 is 31.0 Å². The minimum absolute atomic E-state index is 0.128. The summed E-state index contributed by atoms with van der Waals surface area (Å²) >= 11 is 0. The van der Waals surface area contributed by atoms with Gasteiger partial charge in [0.05, 0.1) is 0 Å². The second-order valence-corrected chi connectivity index (χ2v) is 8.59. The van der Waals surface area contributed by atoms with E-state index in [-0.39, 0.29) is 18.7 Å². The third-order valence-electron chi connectivity index (χ3n) is 5.90. The Bertz CT molecular complexity index is 1420. The van der Waals surface area contributed by atoms with Gasteiger partial charge in [-0.2, -0.15) is 0 Å². The number of hydrogen-bond donors (Lipinski definition) is 6. The molecular formula is C26H27N5O5. The van der Waals surface area contributed by atoms with Crippen molar-refractivity contribution in [1.82, 2.24) is 25.9 Å². The van der Waals surface area contributed by atoms with Gasteiger partial charge in [0.1, 0.15) is 18.6 Å². The monoisotopic (exact) mass is 489 g/mol. The maximum Gasteiger partial charge on any atom is 0.322 e. The number of rotatable bonds is 10. The first kappa shape index (κ1) is 24.5. The third-order valence-corrected chi connectivity index (χ3v) is 5.90. The van der Waals surface area contributed by atoms with E-state index in [1.807, 2.05) is 54.7 Å². The molecule has 0 saturated carbocycles. The summed E-state index contributed by atoms with van der Waals surface area (Å²) in [6, 6.07) is 13.1. The minimum atomic E-state index is -1.20. The number of benzene rings is 2. The summed E-state index contributed by atoms with van der Waals surface area (Å²) in [5.41, 5.74) is 3.45. The first-order chi connectivity index (χ1) is 17.3. The van der Waals surface area contributed by atoms with E-state index >= 15 is 0 Å². The summed E-state index contributed by atoms with van der Waals surface area (Å²) < 4.78 is 0. The fourth-order valence-corrected chi connectivity index (χ4v) is 4.21. The normalized spacial score (nSPS) is 12.7. The van der Waals surface area contributed by atoms with E-state index in [0.29, 0.717) is 0 Å². The van der Waals surface area contributed by atoms with Gasteiger partial charge in [-0.1, -0.05) is 24.3 Å². The zero-order valence-electron chi connectivity index (χ0n) is 19.6. The van der Waals surface area contributed by atoms with Crippen LogP contribution in [-0.4, -0.2) is 57.4 Å². The predicted octanol–water partition coefficient (Wildman–Crippen LogP) is 1.62. The largest absolute Gasteiger partial charge is 0.480 e. The molecule has 10 heteroatoms. The van der Waals surface area contributed by atoms with Crippen LogP contribution in [0.5, 0.6) is 0 Å². The molecule has 0 aliphatic carbocycles. The second-order valence-electron chi connectivity index (χ2n) is 8.59. The number of aliphatic carboxylic acids is 1. The highest BCUT2D eigenvalue weighted by Crippen LogP contribution is 2.20. The highest BCUT2D eigenvalue weighted by Gasteiger charge is 2.27. The van der Waals surface area contributed by atoms with Gasteiger partial charge in [-0.05, 0) is 40.8 Å². The Balaban J connectivity index is 1.55. The number of hydrogen-bond acceptors (Lipinski definition) is 4. The molecule has 2 atom stereocenters. The van der Waals surface area contributed by atoms with Crippen LogP contribution in [0.4, 0.5) is 0 Å². The van der Waals surface area contributed by atoms with Gasteiger partial charge >= 0.3 is 5.97 Å². The molecule has 0 fully saturated rings. The number of nitrogens with one attached hydrogen (secondary N) is 5. The van der Waals surface area contributed by atoms with E-state index in [9.17, 15) is 19.2 Å². The molecule has 6 N–H and O–H groups in total. The topological polar surface area (TPSA) is 156 Å². The number of para-hydroxylation sites is 1. The number of carbonyl (C=O) groups is 4. The molecule has 2 aromatic carbocycles. The Hall–Kier alpha value is -4.60. The minimum Gasteiger partial charge on any atom is -0.480 e. The maximum absolute atomic E-state index is 13.3. The average Bonchev–Trinajstić information content (AvgIpc) is 3.48. The Kier molecular flexibility index (Phi) is 7.33. The van der Waals surface area contributed by atoms with Crippen LogP contribution in [0.3, 0.4) is 0 Å². The Morgan fingerprint density at radius 3 is 2.44 bits per heavy atom. The SMILES string of the molecule is CC(=O)N[C@@H](Cc1ccc2[nH]ccc2c1)C(=O)N[C@@H](Cc1c[nH]c2ccccc12)C(=O)NCC(=O)O. The Morgan fingerprint density at radius 1 is 0.889 bits per heavy atom. The molecule has 0 bridgehead atoms. The van der Waals surface area contributed by atoms with Crippen molar-refractivity contribution in [3.8, 4) is 0 Å². The first-order valence-corrected chi connectivity index (χ1v) is 11.5. The molecule has 36 heavy (non-hydrogen) atoms. The predicted molar refractivity (Wildman–Crippen MR) is 134 cm³/mol. The number of aromatic amines is 2. The van der Waals surface area contributed by atoms with E-state index < -0.39 is 36.4 Å². The number of carboxylic acid groups (broad SMARTS) is 1. The molecule has 2 heterocycles. The number of fused-ring (bicyclic) bond motifs is 2. The molecule has 0 radical (unpaired) electrons. The van der Waals surface area contributed by atoms with Crippen LogP contribution >= 0.6 is 0 Å². The quantitative estimate of drug-likeness (QED) is 0.200. The van der Waals surface area contributed by atoms with E-state index in [2.05, 4.69) is 25.9 Å². The van der Waals surface area contributed by atoms with Crippen molar-refractivity contribution in [3.63, 3.8) is 0 Å². The fraction of sp³-hybridized carbons (Fsp3) is 0.231. The maximum atomic E-state index is 13.3. The molecule has 10 nitrogen and oxygen atoms in total. The van der Waals surface area contributed by atoms with Crippen molar-refractivity contribution in [2.45, 2.75) is 31.8 Å². The van der Waals surface area contributed by atoms with Crippen molar-refractivity contribution in [2.24, 2.45) is 0 Å². The molecular weight excluding hydrogens is 462 g/mol. The molecule has 4 aromatic rings. The number of H-pyrrole nitrogens is 2. The van der Waals surface area contributed by atoms with Gasteiger partial charge in [0.25, 0.3) is 0 Å². The highest BCUT2D eigenvalue weighted by atomic mass is 16.4. The lowest BCUT2D eigenvalue weighted by atomic mass is 10.0. The Labute approximate surface area is 206 Å². The van der Waals surface area contributed by atoms with Crippen LogP contribution in [0.1, 0.15) is 18.1 Å². The number of amides is 3. The van der Waals surface area contributed by atoms with Gasteiger partial charge in [0, 0.05) is 48.6 Å². The summed E-state index contributed by atoms with van der Waals surface area (Å²) in [6.45, 7) is 0.740. The molecule has 0 spiro atoms. The lowest BCUT2D eigenvalue weighted by Crippen LogP contribution is -2.55. The molecule has 0 aliphatic heterocycles. The molecule has 186 valence electrons. The van der Waals surface area contributed by atoms with Gasteiger partial charge in [-0.3, -0.25) is 19.2 Å². The van der Waals surface area contributed by atoms with E-state index in [0.717, 1.165) is 32.9 Å². The van der Waals surface area contributed by atoms with Crippen molar-refractivity contribution < 1.29 is 24.3 Å². The number of aromatic nitrogens is 2. The van der Waals surface area contributed by atoms with Crippen LogP contribution in [0.15, 0.2) is 60.9 Å². The van der Waals surface area contributed by atoms with Crippen molar-refractivity contribution in [1.29, 1.82) is 0 Å². The molecule has 0 unspecified atom stereocenters. The van der Waals surface area contributed by atoms with Gasteiger partial charge in [-0.15, -0.1) is 0 Å². The summed E-state index contributed by atoms with van der Waals surface area (Å²) in [4.78, 5) is 55.3. The summed E-state index contributed by atoms with van der Waals surface area (Å²) in [5, 5.41) is 18.6. The summed E-state index contributed by atoms with van der Waals surface area (Å²) in [6.07, 6.45) is 3.91. The van der Waals surface area contributed by atoms with Crippen LogP contribution in [0, 0.1) is 0 Å². The zero-order chi connectivity index (χ0) is 25.7. The van der Waals surface area contributed by atoms with Gasteiger partial charge in [0.15, 0.2) is 0 Å². The van der Waals surface area contributed by atoms with E-state index in [1.54, 1.807) is 6.20 Å². The Morgan fingerprint density at radius 2 is 1.67 bits per heavy atom. The third kappa shape index (κ3) is 5.90. The molecule has 3 amide bonds. The molecule has 0 saturated heterocycles. The van der Waals surface area contributed by atoms with E-state index in [4.69, 9.17) is 5.11 Å². The van der Waals surface area contributed by atoms with Crippen LogP contribution in [0.2, 0.25) is 0 Å². The van der Waals surface area contributed by atoms with Gasteiger partial charge in [0.2, 0.25) is 17.7 Å². The lowest BCUT2D eigenvalue weighted by Gasteiger charge is -2.23. The van der Waals surface area contributed by atoms with Crippen LogP contribution < -0.4 is 16.0 Å². The van der Waals surface area contributed by atoms with Gasteiger partial charge in [-0.25, -0.2) is 0 Å². The van der Waals surface area contributed by atoms with Crippen LogP contribution in [-0.2, 0) is 32.0 Å². The standard InChI is InChI=1S/C26H27N5O5/c1-15(32)30-22(11-16-6-7-20-17(10-16)8-9-27-20)26(36)31-23(25(35)29-14-24(33)34)12-18-13-28-21-5-3-2-4-19(18)21/h2-10,13,22-23,27-28H,11-12,14H2,1H3,(H,29,35)(H,30,32)(H,31,36)(H,33,34)/t22-,23-/m0/s1. The number of carboxylic acids is 1. The van der Waals surface area contributed by atoms with Crippen molar-refractivity contribution in [2.75, 3.05) is 6.54 Å². The zero-order valence-corrected chi connectivity index (χ0v) is 19.6. The van der Waals surface area contributed by atoms with Crippen molar-refractivity contribution >= 4 is 45.5 Å². The van der Waals surface area contributed by atoms with Crippen LogP contribution in [0.25, 0.3) is 21.8 Å². The average molecular weight is 490 g/mol. The number of carbonyl (C=O) groups excluding carboxylic acids is 3. The molecule has 4 rings (SSSR count). The molecule has 2 aromatic heterocycles. The fourth-order valence-electron chi connectivity index (χ4n) is 4.21. The summed E-state index contributed by atoms with van der Waals surface area (Å²) in [5.74, 6) is -2.76. The second kappa shape index (κ2) is 10.8. The van der Waals surface area contributed by atoms with Crippen molar-refractivity contribution in [3.05, 3.63) is 72.1 Å². The summed E-state index contributed by atoms with van der Waals surface area (Å²) in [7, 11) is 0. The highest BCUT2D eigenvalue weighted by molar-refractivity contribution is 5.94. The lowest BCUT2D eigenvalue weighted by molar-refractivity contribution is -0.138.